The smallest absolute Gasteiger partial charge is 0.264 e. The van der Waals surface area contributed by atoms with Crippen molar-refractivity contribution in [3.63, 3.8) is 0 Å². The number of amides is 2. The minimum absolute atomic E-state index is 0.0189. The number of rotatable bonds is 4. The van der Waals surface area contributed by atoms with Crippen LogP contribution in [-0.2, 0) is 9.59 Å². The largest absolute Gasteiger partial charge is 0.484 e. The Labute approximate surface area is 153 Å². The lowest BCUT2D eigenvalue weighted by Gasteiger charge is -2.25. The molecule has 0 N–H and O–H groups in total. The molecule has 0 bridgehead atoms. The third-order valence-electron chi connectivity index (χ3n) is 4.83. The summed E-state index contributed by atoms with van der Waals surface area (Å²) >= 11 is 0. The van der Waals surface area contributed by atoms with Gasteiger partial charge in [0, 0.05) is 19.0 Å². The van der Waals surface area contributed by atoms with E-state index in [1.807, 2.05) is 59.5 Å². The Balaban J connectivity index is 1.54. The molecule has 1 saturated carbocycles. The van der Waals surface area contributed by atoms with Crippen molar-refractivity contribution < 1.29 is 14.3 Å². The summed E-state index contributed by atoms with van der Waals surface area (Å²) in [6, 6.07) is 17.0. The third kappa shape index (κ3) is 3.43. The minimum atomic E-state index is -0.0953. The summed E-state index contributed by atoms with van der Waals surface area (Å²) in [6.07, 6.45) is 2.71. The summed E-state index contributed by atoms with van der Waals surface area (Å²) in [6.45, 7) is 1.22. The Hall–Kier alpha value is -2.82. The molecule has 0 saturated heterocycles. The fourth-order valence-electron chi connectivity index (χ4n) is 3.33. The normalized spacial score (nSPS) is 16.6. The van der Waals surface area contributed by atoms with Gasteiger partial charge in [0.15, 0.2) is 6.61 Å². The van der Waals surface area contributed by atoms with Crippen LogP contribution in [0.3, 0.4) is 0 Å². The highest BCUT2D eigenvalue weighted by atomic mass is 16.5. The second-order valence-corrected chi connectivity index (χ2v) is 6.75. The molecular formula is C21H22N2O3. The van der Waals surface area contributed by atoms with Crippen molar-refractivity contribution in [3.05, 3.63) is 54.6 Å². The molecule has 134 valence electrons. The van der Waals surface area contributed by atoms with Crippen LogP contribution < -0.4 is 14.5 Å². The number of nitrogens with zero attached hydrogens (tertiary/aromatic N) is 2. The van der Waals surface area contributed by atoms with Crippen molar-refractivity contribution in [2.75, 3.05) is 29.5 Å². The van der Waals surface area contributed by atoms with Crippen molar-refractivity contribution in [2.24, 2.45) is 5.92 Å². The van der Waals surface area contributed by atoms with Gasteiger partial charge in [0.1, 0.15) is 5.75 Å². The highest BCUT2D eigenvalue weighted by Gasteiger charge is 2.36. The lowest BCUT2D eigenvalue weighted by molar-refractivity contribution is -0.121. The quantitative estimate of drug-likeness (QED) is 0.850. The van der Waals surface area contributed by atoms with Crippen LogP contribution in [0.5, 0.6) is 5.75 Å². The summed E-state index contributed by atoms with van der Waals surface area (Å²) < 4.78 is 5.63. The number of hydrogen-bond acceptors (Lipinski definition) is 3. The Morgan fingerprint density at radius 1 is 0.885 bits per heavy atom. The van der Waals surface area contributed by atoms with Gasteiger partial charge in [0.05, 0.1) is 11.4 Å². The zero-order valence-corrected chi connectivity index (χ0v) is 14.6. The van der Waals surface area contributed by atoms with Crippen LogP contribution in [0.2, 0.25) is 0 Å². The number of fused-ring (bicyclic) bond motifs is 1. The van der Waals surface area contributed by atoms with E-state index in [-0.39, 0.29) is 24.3 Å². The summed E-state index contributed by atoms with van der Waals surface area (Å²) in [5.74, 6) is 0.926. The van der Waals surface area contributed by atoms with E-state index in [9.17, 15) is 9.59 Å². The van der Waals surface area contributed by atoms with E-state index in [0.29, 0.717) is 18.8 Å². The Morgan fingerprint density at radius 2 is 1.50 bits per heavy atom. The molecule has 2 amide bonds. The predicted molar refractivity (Wildman–Crippen MR) is 100 cm³/mol. The maximum absolute atomic E-state index is 12.8. The summed E-state index contributed by atoms with van der Waals surface area (Å²) in [4.78, 5) is 29.1. The van der Waals surface area contributed by atoms with Gasteiger partial charge in [-0.2, -0.15) is 0 Å². The molecule has 0 atom stereocenters. The van der Waals surface area contributed by atoms with Gasteiger partial charge in [-0.05, 0) is 43.5 Å². The lowest BCUT2D eigenvalue weighted by Crippen LogP contribution is -2.35. The van der Waals surface area contributed by atoms with Crippen LogP contribution in [0.25, 0.3) is 0 Å². The van der Waals surface area contributed by atoms with Crippen molar-refractivity contribution >= 4 is 23.2 Å². The van der Waals surface area contributed by atoms with Gasteiger partial charge in [-0.25, -0.2) is 0 Å². The van der Waals surface area contributed by atoms with Crippen molar-refractivity contribution in [2.45, 2.75) is 19.3 Å². The lowest BCUT2D eigenvalue weighted by atomic mass is 10.2. The molecule has 5 heteroatoms. The van der Waals surface area contributed by atoms with E-state index in [0.717, 1.165) is 30.6 Å². The molecule has 1 heterocycles. The summed E-state index contributed by atoms with van der Waals surface area (Å²) in [5, 5.41) is 0. The van der Waals surface area contributed by atoms with Crippen LogP contribution >= 0.6 is 0 Å². The molecule has 2 aliphatic rings. The van der Waals surface area contributed by atoms with Gasteiger partial charge >= 0.3 is 0 Å². The van der Waals surface area contributed by atoms with Crippen molar-refractivity contribution in [1.82, 2.24) is 0 Å². The number of benzene rings is 2. The van der Waals surface area contributed by atoms with E-state index in [1.165, 1.54) is 0 Å². The zero-order valence-electron chi connectivity index (χ0n) is 14.6. The van der Waals surface area contributed by atoms with Gasteiger partial charge in [-0.15, -0.1) is 0 Å². The molecule has 0 aromatic heterocycles. The number of hydrogen-bond donors (Lipinski definition) is 0. The molecule has 2 aromatic rings. The van der Waals surface area contributed by atoms with E-state index < -0.39 is 0 Å². The molecule has 0 radical (unpaired) electrons. The minimum Gasteiger partial charge on any atom is -0.484 e. The number of para-hydroxylation sites is 3. The standard InChI is InChI=1S/C21H22N2O3/c24-20(15-26-17-7-2-1-3-8-17)22-13-6-14-23(21(25)16-11-12-16)19-10-5-4-9-18(19)22/h1-5,7-10,16H,6,11-15H2. The van der Waals surface area contributed by atoms with E-state index in [2.05, 4.69) is 0 Å². The average Bonchev–Trinajstić information content (AvgIpc) is 3.53. The van der Waals surface area contributed by atoms with Gasteiger partial charge in [0.2, 0.25) is 5.91 Å². The van der Waals surface area contributed by atoms with Crippen LogP contribution in [0.4, 0.5) is 11.4 Å². The molecule has 4 rings (SSSR count). The van der Waals surface area contributed by atoms with Crippen molar-refractivity contribution in [1.29, 1.82) is 0 Å². The zero-order chi connectivity index (χ0) is 17.9. The summed E-state index contributed by atoms with van der Waals surface area (Å²) in [7, 11) is 0. The predicted octanol–water partition coefficient (Wildman–Crippen LogP) is 3.25. The van der Waals surface area contributed by atoms with E-state index >= 15 is 0 Å². The molecule has 0 unspecified atom stereocenters. The molecule has 26 heavy (non-hydrogen) atoms. The van der Waals surface area contributed by atoms with Gasteiger partial charge in [-0.1, -0.05) is 30.3 Å². The topological polar surface area (TPSA) is 49.9 Å². The van der Waals surface area contributed by atoms with Crippen LogP contribution in [0.1, 0.15) is 19.3 Å². The molecule has 5 nitrogen and oxygen atoms in total. The Morgan fingerprint density at radius 3 is 2.19 bits per heavy atom. The fourth-order valence-corrected chi connectivity index (χ4v) is 3.33. The molecule has 1 aliphatic carbocycles. The highest BCUT2D eigenvalue weighted by Crippen LogP contribution is 2.37. The number of carbonyl (C=O) groups excluding carboxylic acids is 2. The van der Waals surface area contributed by atoms with Gasteiger partial charge in [-0.3, -0.25) is 9.59 Å². The maximum Gasteiger partial charge on any atom is 0.264 e. The number of ether oxygens (including phenoxy) is 1. The van der Waals surface area contributed by atoms with Gasteiger partial charge < -0.3 is 14.5 Å². The molecular weight excluding hydrogens is 328 g/mol. The molecule has 2 aromatic carbocycles. The SMILES string of the molecule is O=C(COc1ccccc1)N1CCCN(C(=O)C2CC2)c2ccccc21. The first-order valence-electron chi connectivity index (χ1n) is 9.12. The molecule has 1 fully saturated rings. The molecule has 0 spiro atoms. The summed E-state index contributed by atoms with van der Waals surface area (Å²) in [5.41, 5.74) is 1.62. The first kappa shape index (κ1) is 16.6. The Kier molecular flexibility index (Phi) is 4.61. The van der Waals surface area contributed by atoms with E-state index in [4.69, 9.17) is 4.74 Å². The van der Waals surface area contributed by atoms with Crippen LogP contribution in [-0.4, -0.2) is 31.5 Å². The van der Waals surface area contributed by atoms with Crippen LogP contribution in [0.15, 0.2) is 54.6 Å². The van der Waals surface area contributed by atoms with E-state index in [1.54, 1.807) is 4.90 Å². The highest BCUT2D eigenvalue weighted by molar-refractivity contribution is 6.04. The number of anilines is 2. The monoisotopic (exact) mass is 350 g/mol. The van der Waals surface area contributed by atoms with Gasteiger partial charge in [0.25, 0.3) is 5.91 Å². The second kappa shape index (κ2) is 7.20. The first-order chi connectivity index (χ1) is 12.7. The first-order valence-corrected chi connectivity index (χ1v) is 9.12. The third-order valence-corrected chi connectivity index (χ3v) is 4.83. The van der Waals surface area contributed by atoms with Crippen LogP contribution in [0, 0.1) is 5.92 Å². The second-order valence-electron chi connectivity index (χ2n) is 6.75. The number of carbonyl (C=O) groups is 2. The fraction of sp³-hybridized carbons (Fsp3) is 0.333. The molecule has 1 aliphatic heterocycles. The Bertz CT molecular complexity index is 802. The maximum atomic E-state index is 12.8. The average molecular weight is 350 g/mol. The van der Waals surface area contributed by atoms with Crippen molar-refractivity contribution in [3.8, 4) is 5.75 Å².